The topological polar surface area (TPSA) is 35.2 Å². The SMILES string of the molecule is CC(C)(CN)CCOCc1ccccc1Cl. The van der Waals surface area contributed by atoms with Gasteiger partial charge in [-0.1, -0.05) is 43.6 Å². The van der Waals surface area contributed by atoms with Gasteiger partial charge in [0.25, 0.3) is 0 Å². The molecule has 0 aromatic heterocycles. The molecule has 16 heavy (non-hydrogen) atoms. The van der Waals surface area contributed by atoms with Gasteiger partial charge < -0.3 is 10.5 Å². The summed E-state index contributed by atoms with van der Waals surface area (Å²) < 4.78 is 5.60. The first-order valence-corrected chi connectivity index (χ1v) is 5.94. The fourth-order valence-corrected chi connectivity index (χ4v) is 1.44. The predicted octanol–water partition coefficient (Wildman–Crippen LogP) is 3.23. The molecule has 0 atom stereocenters. The first-order valence-electron chi connectivity index (χ1n) is 5.56. The summed E-state index contributed by atoms with van der Waals surface area (Å²) in [6.07, 6.45) is 0.966. The van der Waals surface area contributed by atoms with Gasteiger partial charge in [0, 0.05) is 11.6 Å². The van der Waals surface area contributed by atoms with E-state index >= 15 is 0 Å². The minimum absolute atomic E-state index is 0.153. The van der Waals surface area contributed by atoms with Crippen molar-refractivity contribution in [3.05, 3.63) is 34.9 Å². The molecule has 2 nitrogen and oxygen atoms in total. The highest BCUT2D eigenvalue weighted by atomic mass is 35.5. The molecular formula is C13H20ClNO. The van der Waals surface area contributed by atoms with Gasteiger partial charge in [-0.15, -0.1) is 0 Å². The molecule has 0 heterocycles. The summed E-state index contributed by atoms with van der Waals surface area (Å²) in [5.41, 5.74) is 6.84. The molecule has 0 unspecified atom stereocenters. The van der Waals surface area contributed by atoms with Crippen molar-refractivity contribution in [2.45, 2.75) is 26.9 Å². The Morgan fingerprint density at radius 2 is 2.00 bits per heavy atom. The molecule has 3 heteroatoms. The van der Waals surface area contributed by atoms with Crippen molar-refractivity contribution in [1.82, 2.24) is 0 Å². The van der Waals surface area contributed by atoms with Gasteiger partial charge in [0.1, 0.15) is 0 Å². The summed E-state index contributed by atoms with van der Waals surface area (Å²) >= 11 is 6.02. The molecule has 0 aliphatic rings. The molecule has 0 fully saturated rings. The number of ether oxygens (including phenoxy) is 1. The summed E-state index contributed by atoms with van der Waals surface area (Å²) in [4.78, 5) is 0. The van der Waals surface area contributed by atoms with Crippen molar-refractivity contribution in [1.29, 1.82) is 0 Å². The smallest absolute Gasteiger partial charge is 0.0731 e. The number of benzene rings is 1. The van der Waals surface area contributed by atoms with Crippen LogP contribution >= 0.6 is 11.6 Å². The van der Waals surface area contributed by atoms with Crippen LogP contribution in [0, 0.1) is 5.41 Å². The first-order chi connectivity index (χ1) is 7.55. The predicted molar refractivity (Wildman–Crippen MR) is 68.6 cm³/mol. The minimum atomic E-state index is 0.153. The molecule has 0 spiro atoms. The zero-order valence-corrected chi connectivity index (χ0v) is 10.8. The fraction of sp³-hybridized carbons (Fsp3) is 0.538. The van der Waals surface area contributed by atoms with Gasteiger partial charge in [-0.05, 0) is 30.0 Å². The Bertz CT molecular complexity index is 325. The van der Waals surface area contributed by atoms with E-state index in [2.05, 4.69) is 13.8 Å². The van der Waals surface area contributed by atoms with Crippen molar-refractivity contribution < 1.29 is 4.74 Å². The van der Waals surface area contributed by atoms with E-state index in [1.54, 1.807) is 0 Å². The number of hydrogen-bond donors (Lipinski definition) is 1. The highest BCUT2D eigenvalue weighted by molar-refractivity contribution is 6.31. The van der Waals surface area contributed by atoms with E-state index in [-0.39, 0.29) is 5.41 Å². The number of halogens is 1. The van der Waals surface area contributed by atoms with Crippen molar-refractivity contribution in [2.75, 3.05) is 13.2 Å². The van der Waals surface area contributed by atoms with E-state index in [1.807, 2.05) is 24.3 Å². The van der Waals surface area contributed by atoms with Gasteiger partial charge in [0.15, 0.2) is 0 Å². The van der Waals surface area contributed by atoms with Crippen LogP contribution in [0.4, 0.5) is 0 Å². The fourth-order valence-electron chi connectivity index (χ4n) is 1.25. The summed E-state index contributed by atoms with van der Waals surface area (Å²) in [6, 6.07) is 7.75. The number of nitrogens with two attached hydrogens (primary N) is 1. The molecular weight excluding hydrogens is 222 g/mol. The van der Waals surface area contributed by atoms with Crippen LogP contribution in [0.3, 0.4) is 0 Å². The van der Waals surface area contributed by atoms with Gasteiger partial charge in [0.2, 0.25) is 0 Å². The Morgan fingerprint density at radius 1 is 1.31 bits per heavy atom. The summed E-state index contributed by atoms with van der Waals surface area (Å²) in [7, 11) is 0. The summed E-state index contributed by atoms with van der Waals surface area (Å²) in [5, 5.41) is 0.764. The first kappa shape index (κ1) is 13.5. The normalized spacial score (nSPS) is 11.8. The van der Waals surface area contributed by atoms with Gasteiger partial charge >= 0.3 is 0 Å². The summed E-state index contributed by atoms with van der Waals surface area (Å²) in [6.45, 7) is 6.26. The molecule has 0 aliphatic heterocycles. The van der Waals surface area contributed by atoms with Crippen molar-refractivity contribution in [2.24, 2.45) is 11.1 Å². The van der Waals surface area contributed by atoms with Crippen LogP contribution < -0.4 is 5.73 Å². The standard InChI is InChI=1S/C13H20ClNO/c1-13(2,10-15)7-8-16-9-11-5-3-4-6-12(11)14/h3-6H,7-10,15H2,1-2H3. The Hall–Kier alpha value is -0.570. The third-order valence-electron chi connectivity index (χ3n) is 2.69. The Kier molecular flexibility index (Phi) is 5.26. The maximum absolute atomic E-state index is 6.02. The van der Waals surface area contributed by atoms with Crippen LogP contribution in [-0.2, 0) is 11.3 Å². The van der Waals surface area contributed by atoms with Crippen molar-refractivity contribution in [3.8, 4) is 0 Å². The van der Waals surface area contributed by atoms with Gasteiger partial charge in [0.05, 0.1) is 6.61 Å². The zero-order chi connectivity index (χ0) is 12.0. The number of rotatable bonds is 6. The zero-order valence-electron chi connectivity index (χ0n) is 10.0. The lowest BCUT2D eigenvalue weighted by Crippen LogP contribution is -2.25. The van der Waals surface area contributed by atoms with Gasteiger partial charge in [-0.25, -0.2) is 0 Å². The second kappa shape index (κ2) is 6.24. The molecule has 2 N–H and O–H groups in total. The maximum atomic E-state index is 6.02. The lowest BCUT2D eigenvalue weighted by Gasteiger charge is -2.21. The van der Waals surface area contributed by atoms with E-state index < -0.39 is 0 Å². The highest BCUT2D eigenvalue weighted by Crippen LogP contribution is 2.19. The summed E-state index contributed by atoms with van der Waals surface area (Å²) in [5.74, 6) is 0. The lowest BCUT2D eigenvalue weighted by molar-refractivity contribution is 0.0940. The van der Waals surface area contributed by atoms with Gasteiger partial charge in [-0.2, -0.15) is 0 Å². The quantitative estimate of drug-likeness (QED) is 0.777. The van der Waals surface area contributed by atoms with Crippen LogP contribution in [0.15, 0.2) is 24.3 Å². The average Bonchev–Trinajstić information content (AvgIpc) is 2.27. The van der Waals surface area contributed by atoms with Gasteiger partial charge in [-0.3, -0.25) is 0 Å². The van der Waals surface area contributed by atoms with Crippen molar-refractivity contribution in [3.63, 3.8) is 0 Å². The minimum Gasteiger partial charge on any atom is -0.377 e. The van der Waals surface area contributed by atoms with Crippen LogP contribution in [0.5, 0.6) is 0 Å². The molecule has 1 rings (SSSR count). The lowest BCUT2D eigenvalue weighted by atomic mass is 9.90. The molecule has 0 aliphatic carbocycles. The average molecular weight is 242 g/mol. The molecule has 0 saturated carbocycles. The van der Waals surface area contributed by atoms with Crippen molar-refractivity contribution >= 4 is 11.6 Å². The molecule has 0 bridgehead atoms. The Morgan fingerprint density at radius 3 is 2.62 bits per heavy atom. The molecule has 1 aromatic carbocycles. The van der Waals surface area contributed by atoms with Crippen LogP contribution in [-0.4, -0.2) is 13.2 Å². The molecule has 0 amide bonds. The molecule has 0 radical (unpaired) electrons. The number of hydrogen-bond acceptors (Lipinski definition) is 2. The van der Waals surface area contributed by atoms with E-state index in [9.17, 15) is 0 Å². The second-order valence-corrected chi connectivity index (χ2v) is 5.17. The van der Waals surface area contributed by atoms with E-state index in [4.69, 9.17) is 22.1 Å². The van der Waals surface area contributed by atoms with Crippen LogP contribution in [0.2, 0.25) is 5.02 Å². The largest absolute Gasteiger partial charge is 0.377 e. The van der Waals surface area contributed by atoms with Crippen LogP contribution in [0.25, 0.3) is 0 Å². The highest BCUT2D eigenvalue weighted by Gasteiger charge is 2.14. The molecule has 90 valence electrons. The third kappa shape index (κ3) is 4.52. The monoisotopic (exact) mass is 241 g/mol. The second-order valence-electron chi connectivity index (χ2n) is 4.76. The Labute approximate surface area is 103 Å². The Balaban J connectivity index is 2.29. The van der Waals surface area contributed by atoms with E-state index in [0.29, 0.717) is 13.2 Å². The third-order valence-corrected chi connectivity index (χ3v) is 3.06. The maximum Gasteiger partial charge on any atom is 0.0731 e. The molecule has 1 aromatic rings. The van der Waals surface area contributed by atoms with E-state index in [0.717, 1.165) is 23.6 Å². The molecule has 0 saturated heterocycles. The van der Waals surface area contributed by atoms with Crippen LogP contribution in [0.1, 0.15) is 25.8 Å². The van der Waals surface area contributed by atoms with E-state index in [1.165, 1.54) is 0 Å².